The average Bonchev–Trinajstić information content (AvgIpc) is 2.52. The zero-order valence-corrected chi connectivity index (χ0v) is 14.1. The molecule has 3 heteroatoms. The van der Waals surface area contributed by atoms with E-state index in [1.165, 1.54) is 16.7 Å². The SMILES string of the molecule is Cc1cc(C)cc(NCCC(=O)NCCCc2ccccc2)c1. The quantitative estimate of drug-likeness (QED) is 0.727. The van der Waals surface area contributed by atoms with E-state index in [0.29, 0.717) is 13.0 Å². The second-order valence-corrected chi connectivity index (χ2v) is 5.99. The van der Waals surface area contributed by atoms with Gasteiger partial charge in [0.05, 0.1) is 0 Å². The number of anilines is 1. The second kappa shape index (κ2) is 8.99. The van der Waals surface area contributed by atoms with Crippen LogP contribution >= 0.6 is 0 Å². The third-order valence-electron chi connectivity index (χ3n) is 3.71. The molecule has 0 aliphatic rings. The molecule has 0 aromatic heterocycles. The molecule has 23 heavy (non-hydrogen) atoms. The van der Waals surface area contributed by atoms with Crippen LogP contribution in [0.25, 0.3) is 0 Å². The fourth-order valence-corrected chi connectivity index (χ4v) is 2.65. The largest absolute Gasteiger partial charge is 0.385 e. The molecule has 0 aliphatic heterocycles. The minimum Gasteiger partial charge on any atom is -0.385 e. The van der Waals surface area contributed by atoms with Crippen molar-refractivity contribution in [3.05, 3.63) is 65.2 Å². The highest BCUT2D eigenvalue weighted by Gasteiger charge is 2.01. The van der Waals surface area contributed by atoms with Gasteiger partial charge in [0.25, 0.3) is 0 Å². The standard InChI is InChI=1S/C20H26N2O/c1-16-13-17(2)15-19(14-16)21-12-10-20(23)22-11-6-9-18-7-4-3-5-8-18/h3-5,7-8,13-15,21H,6,9-12H2,1-2H3,(H,22,23). The fourth-order valence-electron chi connectivity index (χ4n) is 2.65. The van der Waals surface area contributed by atoms with Gasteiger partial charge in [0.15, 0.2) is 0 Å². The number of aryl methyl sites for hydroxylation is 3. The molecule has 2 aromatic rings. The molecule has 0 unspecified atom stereocenters. The van der Waals surface area contributed by atoms with Gasteiger partial charge in [-0.1, -0.05) is 36.4 Å². The van der Waals surface area contributed by atoms with Crippen LogP contribution in [0.5, 0.6) is 0 Å². The average molecular weight is 310 g/mol. The Morgan fingerprint density at radius 1 is 0.957 bits per heavy atom. The van der Waals surface area contributed by atoms with Crippen LogP contribution in [-0.2, 0) is 11.2 Å². The van der Waals surface area contributed by atoms with E-state index in [-0.39, 0.29) is 5.91 Å². The molecule has 0 atom stereocenters. The Labute approximate surface area is 139 Å². The normalized spacial score (nSPS) is 10.3. The zero-order chi connectivity index (χ0) is 16.5. The van der Waals surface area contributed by atoms with Crippen molar-refractivity contribution in [2.24, 2.45) is 0 Å². The van der Waals surface area contributed by atoms with Gasteiger partial charge in [0.2, 0.25) is 5.91 Å². The number of amides is 1. The summed E-state index contributed by atoms with van der Waals surface area (Å²) in [6.45, 7) is 5.56. The summed E-state index contributed by atoms with van der Waals surface area (Å²) >= 11 is 0. The summed E-state index contributed by atoms with van der Waals surface area (Å²) in [5.41, 5.74) is 4.87. The topological polar surface area (TPSA) is 41.1 Å². The number of hydrogen-bond acceptors (Lipinski definition) is 2. The van der Waals surface area contributed by atoms with Gasteiger partial charge in [-0.05, 0) is 55.5 Å². The maximum atomic E-state index is 11.8. The van der Waals surface area contributed by atoms with Crippen LogP contribution in [0.15, 0.2) is 48.5 Å². The highest BCUT2D eigenvalue weighted by molar-refractivity contribution is 5.76. The number of rotatable bonds is 8. The minimum absolute atomic E-state index is 0.106. The minimum atomic E-state index is 0.106. The first-order chi connectivity index (χ1) is 11.1. The van der Waals surface area contributed by atoms with Crippen LogP contribution in [0.3, 0.4) is 0 Å². The second-order valence-electron chi connectivity index (χ2n) is 5.99. The predicted molar refractivity (Wildman–Crippen MR) is 96.8 cm³/mol. The molecule has 2 N–H and O–H groups in total. The van der Waals surface area contributed by atoms with Crippen LogP contribution in [-0.4, -0.2) is 19.0 Å². The van der Waals surface area contributed by atoms with Crippen LogP contribution in [0.4, 0.5) is 5.69 Å². The van der Waals surface area contributed by atoms with E-state index < -0.39 is 0 Å². The van der Waals surface area contributed by atoms with Crippen molar-refractivity contribution in [2.45, 2.75) is 33.1 Å². The lowest BCUT2D eigenvalue weighted by Crippen LogP contribution is -2.26. The van der Waals surface area contributed by atoms with Crippen molar-refractivity contribution in [1.82, 2.24) is 5.32 Å². The molecule has 0 heterocycles. The summed E-state index contributed by atoms with van der Waals surface area (Å²) < 4.78 is 0. The fraction of sp³-hybridized carbons (Fsp3) is 0.350. The first kappa shape index (κ1) is 17.1. The molecule has 122 valence electrons. The van der Waals surface area contributed by atoms with Crippen molar-refractivity contribution < 1.29 is 4.79 Å². The molecule has 2 rings (SSSR count). The Balaban J connectivity index is 1.60. The van der Waals surface area contributed by atoms with Gasteiger partial charge >= 0.3 is 0 Å². The highest BCUT2D eigenvalue weighted by Crippen LogP contribution is 2.13. The van der Waals surface area contributed by atoms with Gasteiger partial charge in [0, 0.05) is 25.2 Å². The number of nitrogens with one attached hydrogen (secondary N) is 2. The lowest BCUT2D eigenvalue weighted by atomic mass is 10.1. The van der Waals surface area contributed by atoms with Gasteiger partial charge in [-0.15, -0.1) is 0 Å². The van der Waals surface area contributed by atoms with Gasteiger partial charge in [0.1, 0.15) is 0 Å². The van der Waals surface area contributed by atoms with Crippen molar-refractivity contribution in [2.75, 3.05) is 18.4 Å². The van der Waals surface area contributed by atoms with Crippen LogP contribution in [0.1, 0.15) is 29.5 Å². The maximum Gasteiger partial charge on any atom is 0.221 e. The number of carbonyl (C=O) groups is 1. The summed E-state index contributed by atoms with van der Waals surface area (Å²) in [4.78, 5) is 11.8. The predicted octanol–water partition coefficient (Wildman–Crippen LogP) is 3.85. The maximum absolute atomic E-state index is 11.8. The summed E-state index contributed by atoms with van der Waals surface area (Å²) in [7, 11) is 0. The van der Waals surface area contributed by atoms with E-state index in [0.717, 1.165) is 25.1 Å². The number of hydrogen-bond donors (Lipinski definition) is 2. The third-order valence-corrected chi connectivity index (χ3v) is 3.71. The van der Waals surface area contributed by atoms with E-state index in [1.54, 1.807) is 0 Å². The van der Waals surface area contributed by atoms with Crippen LogP contribution in [0, 0.1) is 13.8 Å². The summed E-state index contributed by atoms with van der Waals surface area (Å²) in [6, 6.07) is 16.7. The molecule has 0 saturated heterocycles. The van der Waals surface area contributed by atoms with Crippen molar-refractivity contribution in [3.8, 4) is 0 Å². The first-order valence-corrected chi connectivity index (χ1v) is 8.26. The molecule has 3 nitrogen and oxygen atoms in total. The number of carbonyl (C=O) groups excluding carboxylic acids is 1. The molecule has 0 fully saturated rings. The monoisotopic (exact) mass is 310 g/mol. The van der Waals surface area contributed by atoms with Crippen molar-refractivity contribution >= 4 is 11.6 Å². The van der Waals surface area contributed by atoms with Gasteiger partial charge < -0.3 is 10.6 Å². The van der Waals surface area contributed by atoms with Gasteiger partial charge in [-0.3, -0.25) is 4.79 Å². The van der Waals surface area contributed by atoms with Crippen LogP contribution in [0.2, 0.25) is 0 Å². The Hall–Kier alpha value is -2.29. The summed E-state index contributed by atoms with van der Waals surface area (Å²) in [6.07, 6.45) is 2.47. The van der Waals surface area contributed by atoms with E-state index in [2.05, 4.69) is 54.8 Å². The Morgan fingerprint density at radius 3 is 2.35 bits per heavy atom. The van der Waals surface area contributed by atoms with E-state index in [4.69, 9.17) is 0 Å². The number of benzene rings is 2. The lowest BCUT2D eigenvalue weighted by molar-refractivity contribution is -0.120. The van der Waals surface area contributed by atoms with Crippen molar-refractivity contribution in [3.63, 3.8) is 0 Å². The van der Waals surface area contributed by atoms with E-state index in [9.17, 15) is 4.79 Å². The first-order valence-electron chi connectivity index (χ1n) is 8.26. The molecular weight excluding hydrogens is 284 g/mol. The smallest absolute Gasteiger partial charge is 0.221 e. The van der Waals surface area contributed by atoms with E-state index in [1.807, 2.05) is 18.2 Å². The molecule has 0 saturated carbocycles. The molecule has 0 bridgehead atoms. The molecule has 1 amide bonds. The van der Waals surface area contributed by atoms with Crippen LogP contribution < -0.4 is 10.6 Å². The molecule has 0 spiro atoms. The summed E-state index contributed by atoms with van der Waals surface area (Å²) in [5, 5.41) is 6.30. The molecule has 2 aromatic carbocycles. The Bertz CT molecular complexity index is 603. The summed E-state index contributed by atoms with van der Waals surface area (Å²) in [5.74, 6) is 0.106. The lowest BCUT2D eigenvalue weighted by Gasteiger charge is -2.09. The van der Waals surface area contributed by atoms with Gasteiger partial charge in [-0.25, -0.2) is 0 Å². The molecule has 0 aliphatic carbocycles. The highest BCUT2D eigenvalue weighted by atomic mass is 16.1. The van der Waals surface area contributed by atoms with Crippen molar-refractivity contribution in [1.29, 1.82) is 0 Å². The van der Waals surface area contributed by atoms with Gasteiger partial charge in [-0.2, -0.15) is 0 Å². The van der Waals surface area contributed by atoms with E-state index >= 15 is 0 Å². The molecule has 0 radical (unpaired) electrons. The Kier molecular flexibility index (Phi) is 6.67. The zero-order valence-electron chi connectivity index (χ0n) is 14.1. The Morgan fingerprint density at radius 2 is 1.65 bits per heavy atom. The molecular formula is C20H26N2O. The third kappa shape index (κ3) is 6.55.